The molecule has 1 heterocycles. The van der Waals surface area contributed by atoms with Gasteiger partial charge in [-0.1, -0.05) is 43.7 Å². The highest BCUT2D eigenvalue weighted by molar-refractivity contribution is 5.33. The average Bonchev–Trinajstić information content (AvgIpc) is 3.16. The lowest BCUT2D eigenvalue weighted by Gasteiger charge is -2.12. The number of para-hydroxylation sites is 1. The van der Waals surface area contributed by atoms with Crippen LogP contribution in [0.25, 0.3) is 0 Å². The fourth-order valence-electron chi connectivity index (χ4n) is 1.93. The molecule has 0 spiro atoms. The Kier molecular flexibility index (Phi) is 5.03. The molecule has 0 N–H and O–H groups in total. The number of hydrogen-bond donors (Lipinski definition) is 0. The van der Waals surface area contributed by atoms with Crippen molar-refractivity contribution >= 4 is 0 Å². The van der Waals surface area contributed by atoms with Crippen LogP contribution in [0.2, 0.25) is 0 Å². The van der Waals surface area contributed by atoms with Gasteiger partial charge in [-0.25, -0.2) is 0 Å². The smallest absolute Gasteiger partial charge is 0.123 e. The number of rotatable bonds is 8. The minimum Gasteiger partial charge on any atom is -0.490 e. The van der Waals surface area contributed by atoms with Crippen molar-refractivity contribution in [1.29, 1.82) is 0 Å². The number of ether oxygens (including phenoxy) is 2. The van der Waals surface area contributed by atoms with Gasteiger partial charge in [0, 0.05) is 0 Å². The highest BCUT2D eigenvalue weighted by atomic mass is 16.6. The van der Waals surface area contributed by atoms with Crippen molar-refractivity contribution in [3.8, 4) is 5.75 Å². The lowest BCUT2D eigenvalue weighted by atomic mass is 10.1. The minimum absolute atomic E-state index is 0.0475. The number of unbranched alkanes of at least 4 members (excludes halogenated alkanes) is 1. The summed E-state index contributed by atoms with van der Waals surface area (Å²) < 4.78 is 11.2. The first-order valence-corrected chi connectivity index (χ1v) is 7.23. The van der Waals surface area contributed by atoms with Gasteiger partial charge in [0.05, 0.1) is 6.61 Å². The second-order valence-corrected chi connectivity index (χ2v) is 5.43. The molecule has 1 aliphatic heterocycles. The van der Waals surface area contributed by atoms with E-state index in [1.165, 1.54) is 18.4 Å². The number of hydrogen-bond acceptors (Lipinski definition) is 2. The van der Waals surface area contributed by atoms with Crippen LogP contribution in [-0.4, -0.2) is 18.8 Å². The molecule has 0 saturated carbocycles. The number of allylic oxidation sites excluding steroid dienone is 2. The molecule has 1 atom stereocenters. The van der Waals surface area contributed by atoms with E-state index in [-0.39, 0.29) is 5.60 Å². The van der Waals surface area contributed by atoms with Gasteiger partial charge in [0.25, 0.3) is 0 Å². The summed E-state index contributed by atoms with van der Waals surface area (Å²) in [5.74, 6) is 1.00. The van der Waals surface area contributed by atoms with E-state index in [1.807, 2.05) is 6.07 Å². The third-order valence-corrected chi connectivity index (χ3v) is 3.35. The van der Waals surface area contributed by atoms with Crippen LogP contribution in [0.1, 0.15) is 38.7 Å². The maximum absolute atomic E-state index is 5.89. The van der Waals surface area contributed by atoms with Crippen LogP contribution in [0.3, 0.4) is 0 Å². The van der Waals surface area contributed by atoms with Gasteiger partial charge in [-0.15, -0.1) is 0 Å². The highest BCUT2D eigenvalue weighted by Crippen LogP contribution is 2.28. The summed E-state index contributed by atoms with van der Waals surface area (Å²) in [6.07, 6.45) is 9.04. The zero-order valence-electron chi connectivity index (χ0n) is 12.0. The SMILES string of the molecule is CCC/C=C/CCc1ccccc1OCC1(C)CO1. The van der Waals surface area contributed by atoms with Gasteiger partial charge in [-0.05, 0) is 37.8 Å². The van der Waals surface area contributed by atoms with Crippen LogP contribution in [0, 0.1) is 0 Å². The van der Waals surface area contributed by atoms with Crippen LogP contribution >= 0.6 is 0 Å². The molecule has 2 rings (SSSR count). The van der Waals surface area contributed by atoms with Crippen LogP contribution in [0.15, 0.2) is 36.4 Å². The predicted molar refractivity (Wildman–Crippen MR) is 78.7 cm³/mol. The van der Waals surface area contributed by atoms with E-state index in [4.69, 9.17) is 9.47 Å². The van der Waals surface area contributed by atoms with Crippen molar-refractivity contribution in [2.24, 2.45) is 0 Å². The zero-order chi connectivity index (χ0) is 13.6. The second kappa shape index (κ2) is 6.76. The third kappa shape index (κ3) is 4.71. The Balaban J connectivity index is 1.84. The summed E-state index contributed by atoms with van der Waals surface area (Å²) in [7, 11) is 0. The Morgan fingerprint density at radius 3 is 2.74 bits per heavy atom. The average molecular weight is 260 g/mol. The largest absolute Gasteiger partial charge is 0.490 e. The number of aryl methyl sites for hydroxylation is 1. The summed E-state index contributed by atoms with van der Waals surface area (Å²) in [6, 6.07) is 8.31. The summed E-state index contributed by atoms with van der Waals surface area (Å²) in [5.41, 5.74) is 1.24. The molecule has 1 unspecified atom stereocenters. The maximum atomic E-state index is 5.89. The van der Waals surface area contributed by atoms with Gasteiger partial charge in [-0.3, -0.25) is 0 Å². The Hall–Kier alpha value is -1.28. The third-order valence-electron chi connectivity index (χ3n) is 3.35. The maximum Gasteiger partial charge on any atom is 0.123 e. The van der Waals surface area contributed by atoms with Gasteiger partial charge in [0.1, 0.15) is 18.0 Å². The first-order chi connectivity index (χ1) is 9.23. The molecule has 1 aromatic carbocycles. The summed E-state index contributed by atoms with van der Waals surface area (Å²) in [4.78, 5) is 0. The molecule has 2 nitrogen and oxygen atoms in total. The van der Waals surface area contributed by atoms with E-state index in [0.29, 0.717) is 6.61 Å². The molecule has 0 amide bonds. The molecule has 1 saturated heterocycles. The van der Waals surface area contributed by atoms with E-state index >= 15 is 0 Å². The molecule has 1 aromatic rings. The molecule has 1 fully saturated rings. The van der Waals surface area contributed by atoms with E-state index in [2.05, 4.69) is 44.2 Å². The van der Waals surface area contributed by atoms with Crippen molar-refractivity contribution in [2.45, 2.75) is 45.1 Å². The van der Waals surface area contributed by atoms with Crippen molar-refractivity contribution < 1.29 is 9.47 Å². The Morgan fingerprint density at radius 1 is 1.26 bits per heavy atom. The summed E-state index contributed by atoms with van der Waals surface area (Å²) >= 11 is 0. The Morgan fingerprint density at radius 2 is 2.00 bits per heavy atom. The van der Waals surface area contributed by atoms with Crippen molar-refractivity contribution in [3.05, 3.63) is 42.0 Å². The van der Waals surface area contributed by atoms with Gasteiger partial charge >= 0.3 is 0 Å². The highest BCUT2D eigenvalue weighted by Gasteiger charge is 2.40. The molecule has 0 aromatic heterocycles. The standard InChI is InChI=1S/C17H24O2/c1-3-4-5-6-7-10-15-11-8-9-12-16(15)18-13-17(2)14-19-17/h5-6,8-9,11-12H,3-4,7,10,13-14H2,1-2H3/b6-5+. The molecule has 19 heavy (non-hydrogen) atoms. The second-order valence-electron chi connectivity index (χ2n) is 5.43. The minimum atomic E-state index is -0.0475. The van der Waals surface area contributed by atoms with Crippen LogP contribution in [0.4, 0.5) is 0 Å². The number of epoxide rings is 1. The molecule has 104 valence electrons. The van der Waals surface area contributed by atoms with Gasteiger partial charge in [-0.2, -0.15) is 0 Å². The monoisotopic (exact) mass is 260 g/mol. The molecular formula is C17H24O2. The van der Waals surface area contributed by atoms with Crippen molar-refractivity contribution in [1.82, 2.24) is 0 Å². The van der Waals surface area contributed by atoms with Crippen molar-refractivity contribution in [2.75, 3.05) is 13.2 Å². The normalized spacial score (nSPS) is 21.8. The van der Waals surface area contributed by atoms with Crippen molar-refractivity contribution in [3.63, 3.8) is 0 Å². The molecule has 2 heteroatoms. The molecule has 0 radical (unpaired) electrons. The fourth-order valence-corrected chi connectivity index (χ4v) is 1.93. The molecule has 0 bridgehead atoms. The summed E-state index contributed by atoms with van der Waals surface area (Å²) in [6.45, 7) is 5.75. The van der Waals surface area contributed by atoms with E-state index in [0.717, 1.165) is 25.2 Å². The quantitative estimate of drug-likeness (QED) is 0.517. The molecular weight excluding hydrogens is 236 g/mol. The predicted octanol–water partition coefficient (Wildman–Crippen LogP) is 4.14. The topological polar surface area (TPSA) is 21.8 Å². The first kappa shape index (κ1) is 14.1. The van der Waals surface area contributed by atoms with Gasteiger partial charge in [0.15, 0.2) is 0 Å². The van der Waals surface area contributed by atoms with Crippen LogP contribution < -0.4 is 4.74 Å². The Bertz CT molecular complexity index is 419. The van der Waals surface area contributed by atoms with E-state index in [9.17, 15) is 0 Å². The van der Waals surface area contributed by atoms with E-state index < -0.39 is 0 Å². The lowest BCUT2D eigenvalue weighted by molar-refractivity contribution is 0.201. The first-order valence-electron chi connectivity index (χ1n) is 7.23. The molecule has 0 aliphatic carbocycles. The van der Waals surface area contributed by atoms with E-state index in [1.54, 1.807) is 0 Å². The fraction of sp³-hybridized carbons (Fsp3) is 0.529. The number of benzene rings is 1. The molecule has 1 aliphatic rings. The van der Waals surface area contributed by atoms with Gasteiger partial charge < -0.3 is 9.47 Å². The zero-order valence-corrected chi connectivity index (χ0v) is 12.0. The van der Waals surface area contributed by atoms with Gasteiger partial charge in [0.2, 0.25) is 0 Å². The van der Waals surface area contributed by atoms with Crippen LogP contribution in [-0.2, 0) is 11.2 Å². The Labute approximate surface area is 116 Å². The van der Waals surface area contributed by atoms with Crippen LogP contribution in [0.5, 0.6) is 5.75 Å². The summed E-state index contributed by atoms with van der Waals surface area (Å²) in [5, 5.41) is 0. The lowest BCUT2D eigenvalue weighted by Crippen LogP contribution is -2.17.